The zero-order chi connectivity index (χ0) is 16.4. The van der Waals surface area contributed by atoms with E-state index in [4.69, 9.17) is 16.3 Å². The molecule has 0 aliphatic heterocycles. The Labute approximate surface area is 130 Å². The Morgan fingerprint density at radius 2 is 1.95 bits per heavy atom. The maximum absolute atomic E-state index is 12.3. The lowest BCUT2D eigenvalue weighted by Gasteiger charge is -2.11. The third kappa shape index (κ3) is 2.89. The first-order valence-corrected chi connectivity index (χ1v) is 6.64. The lowest BCUT2D eigenvalue weighted by molar-refractivity contribution is 0.102. The monoisotopic (exact) mass is 323 g/mol. The molecule has 1 aromatic carbocycles. The van der Waals surface area contributed by atoms with Gasteiger partial charge in [-0.15, -0.1) is 0 Å². The highest BCUT2D eigenvalue weighted by Crippen LogP contribution is 2.27. The number of aromatic nitrogens is 2. The number of hydrogen-bond acceptors (Lipinski definition) is 4. The SMILES string of the molecule is COc1ccc(Cl)cc1NC(=O)c1cn(C)c(=O)n(C)c1=O. The summed E-state index contributed by atoms with van der Waals surface area (Å²) in [7, 11) is 4.21. The number of nitrogens with zero attached hydrogens (tertiary/aromatic N) is 2. The molecule has 1 N–H and O–H groups in total. The van der Waals surface area contributed by atoms with Gasteiger partial charge in [-0.3, -0.25) is 14.2 Å². The highest BCUT2D eigenvalue weighted by molar-refractivity contribution is 6.31. The van der Waals surface area contributed by atoms with Crippen molar-refractivity contribution in [1.82, 2.24) is 9.13 Å². The number of rotatable bonds is 3. The standard InChI is InChI=1S/C14H14ClN3O4/c1-17-7-9(13(20)18(2)14(17)21)12(19)16-10-6-8(15)4-5-11(10)22-3/h4-7H,1-3H3,(H,16,19). The second-order valence-electron chi connectivity index (χ2n) is 4.60. The van der Waals surface area contributed by atoms with Crippen molar-refractivity contribution in [3.05, 3.63) is 55.8 Å². The number of carbonyl (C=O) groups is 1. The third-order valence-corrected chi connectivity index (χ3v) is 3.34. The highest BCUT2D eigenvalue weighted by atomic mass is 35.5. The average molecular weight is 324 g/mol. The molecule has 0 radical (unpaired) electrons. The molecule has 0 saturated heterocycles. The fourth-order valence-electron chi connectivity index (χ4n) is 1.93. The normalized spacial score (nSPS) is 10.4. The van der Waals surface area contributed by atoms with Crippen molar-refractivity contribution in [3.8, 4) is 5.75 Å². The molecular formula is C14H14ClN3O4. The molecule has 7 nitrogen and oxygen atoms in total. The van der Waals surface area contributed by atoms with Crippen LogP contribution in [0.4, 0.5) is 5.69 Å². The number of amides is 1. The molecule has 0 bridgehead atoms. The van der Waals surface area contributed by atoms with Crippen molar-refractivity contribution in [1.29, 1.82) is 0 Å². The maximum Gasteiger partial charge on any atom is 0.330 e. The van der Waals surface area contributed by atoms with Gasteiger partial charge in [0.1, 0.15) is 11.3 Å². The molecule has 0 fully saturated rings. The van der Waals surface area contributed by atoms with E-state index >= 15 is 0 Å². The summed E-state index contributed by atoms with van der Waals surface area (Å²) < 4.78 is 7.15. The maximum atomic E-state index is 12.3. The lowest BCUT2D eigenvalue weighted by atomic mass is 10.2. The second kappa shape index (κ2) is 6.07. The quantitative estimate of drug-likeness (QED) is 0.913. The Hall–Kier alpha value is -2.54. The van der Waals surface area contributed by atoms with Crippen molar-refractivity contribution >= 4 is 23.2 Å². The molecule has 1 aromatic heterocycles. The van der Waals surface area contributed by atoms with Crippen LogP contribution < -0.4 is 21.3 Å². The van der Waals surface area contributed by atoms with E-state index < -0.39 is 17.2 Å². The van der Waals surface area contributed by atoms with Crippen molar-refractivity contribution in [2.24, 2.45) is 14.1 Å². The molecule has 22 heavy (non-hydrogen) atoms. The number of hydrogen-bond donors (Lipinski definition) is 1. The fourth-order valence-corrected chi connectivity index (χ4v) is 2.10. The predicted molar refractivity (Wildman–Crippen MR) is 82.9 cm³/mol. The summed E-state index contributed by atoms with van der Waals surface area (Å²) in [6.45, 7) is 0. The molecule has 2 rings (SSSR count). The number of aryl methyl sites for hydroxylation is 1. The Morgan fingerprint density at radius 1 is 1.27 bits per heavy atom. The summed E-state index contributed by atoms with van der Waals surface area (Å²) in [6.07, 6.45) is 1.19. The molecule has 0 aliphatic rings. The molecule has 0 atom stereocenters. The predicted octanol–water partition coefficient (Wildman–Crippen LogP) is 0.998. The van der Waals surface area contributed by atoms with Crippen LogP contribution in [0.5, 0.6) is 5.75 Å². The smallest absolute Gasteiger partial charge is 0.330 e. The third-order valence-electron chi connectivity index (χ3n) is 3.10. The number of carbonyl (C=O) groups excluding carboxylic acids is 1. The average Bonchev–Trinajstić information content (AvgIpc) is 2.49. The molecule has 1 heterocycles. The van der Waals surface area contributed by atoms with Crippen LogP contribution in [0.2, 0.25) is 5.02 Å². The van der Waals surface area contributed by atoms with Gasteiger partial charge in [0, 0.05) is 25.3 Å². The van der Waals surface area contributed by atoms with Gasteiger partial charge in [0.25, 0.3) is 11.5 Å². The zero-order valence-corrected chi connectivity index (χ0v) is 13.0. The fraction of sp³-hybridized carbons (Fsp3) is 0.214. The van der Waals surface area contributed by atoms with Gasteiger partial charge in [-0.2, -0.15) is 0 Å². The van der Waals surface area contributed by atoms with Crippen LogP contribution in [-0.4, -0.2) is 22.2 Å². The molecule has 0 saturated carbocycles. The Morgan fingerprint density at radius 3 is 2.59 bits per heavy atom. The Balaban J connectivity index is 2.45. The van der Waals surface area contributed by atoms with Crippen molar-refractivity contribution < 1.29 is 9.53 Å². The van der Waals surface area contributed by atoms with E-state index in [1.807, 2.05) is 0 Å². The van der Waals surface area contributed by atoms with E-state index in [1.54, 1.807) is 12.1 Å². The number of halogens is 1. The van der Waals surface area contributed by atoms with E-state index in [-0.39, 0.29) is 5.56 Å². The van der Waals surface area contributed by atoms with Crippen molar-refractivity contribution in [2.75, 3.05) is 12.4 Å². The minimum Gasteiger partial charge on any atom is -0.495 e. The van der Waals surface area contributed by atoms with Gasteiger partial charge in [0.2, 0.25) is 0 Å². The number of ether oxygens (including phenoxy) is 1. The van der Waals surface area contributed by atoms with Gasteiger partial charge in [0.15, 0.2) is 0 Å². The van der Waals surface area contributed by atoms with Crippen LogP contribution in [0.25, 0.3) is 0 Å². The summed E-state index contributed by atoms with van der Waals surface area (Å²) >= 11 is 5.89. The van der Waals surface area contributed by atoms with Gasteiger partial charge in [0.05, 0.1) is 12.8 Å². The van der Waals surface area contributed by atoms with E-state index in [2.05, 4.69) is 5.32 Å². The minimum atomic E-state index is -0.679. The highest BCUT2D eigenvalue weighted by Gasteiger charge is 2.16. The molecule has 0 spiro atoms. The summed E-state index contributed by atoms with van der Waals surface area (Å²) in [5.74, 6) is -0.254. The van der Waals surface area contributed by atoms with Crippen molar-refractivity contribution in [3.63, 3.8) is 0 Å². The molecule has 116 valence electrons. The first kappa shape index (κ1) is 15.8. The van der Waals surface area contributed by atoms with E-state index in [1.165, 1.54) is 33.5 Å². The van der Waals surface area contributed by atoms with Crippen LogP contribution in [0.3, 0.4) is 0 Å². The van der Waals surface area contributed by atoms with E-state index in [9.17, 15) is 14.4 Å². The Kier molecular flexibility index (Phi) is 4.37. The minimum absolute atomic E-state index is 0.161. The summed E-state index contributed by atoms with van der Waals surface area (Å²) in [5, 5.41) is 2.96. The largest absolute Gasteiger partial charge is 0.495 e. The summed E-state index contributed by atoms with van der Waals surface area (Å²) in [6, 6.07) is 4.71. The number of benzene rings is 1. The first-order valence-electron chi connectivity index (χ1n) is 6.26. The number of methoxy groups -OCH3 is 1. The van der Waals surface area contributed by atoms with Crippen LogP contribution in [0.15, 0.2) is 34.0 Å². The van der Waals surface area contributed by atoms with Crippen LogP contribution in [0, 0.1) is 0 Å². The van der Waals surface area contributed by atoms with Crippen LogP contribution in [-0.2, 0) is 14.1 Å². The zero-order valence-electron chi connectivity index (χ0n) is 12.2. The molecular weight excluding hydrogens is 310 g/mol. The van der Waals surface area contributed by atoms with Gasteiger partial charge in [-0.05, 0) is 18.2 Å². The molecule has 1 amide bonds. The van der Waals surface area contributed by atoms with Crippen LogP contribution in [0.1, 0.15) is 10.4 Å². The summed E-state index contributed by atoms with van der Waals surface area (Å²) in [5.41, 5.74) is -1.02. The molecule has 2 aromatic rings. The van der Waals surface area contributed by atoms with Gasteiger partial charge in [-0.1, -0.05) is 11.6 Å². The van der Waals surface area contributed by atoms with Crippen molar-refractivity contribution in [2.45, 2.75) is 0 Å². The molecule has 0 aliphatic carbocycles. The Bertz CT molecular complexity index is 854. The number of anilines is 1. The van der Waals surface area contributed by atoms with E-state index in [0.29, 0.717) is 16.5 Å². The summed E-state index contributed by atoms with van der Waals surface area (Å²) in [4.78, 5) is 35.9. The first-order chi connectivity index (χ1) is 10.3. The molecule has 8 heteroatoms. The number of nitrogens with one attached hydrogen (secondary N) is 1. The van der Waals surface area contributed by atoms with Crippen LogP contribution >= 0.6 is 11.6 Å². The van der Waals surface area contributed by atoms with Gasteiger partial charge >= 0.3 is 5.69 Å². The lowest BCUT2D eigenvalue weighted by Crippen LogP contribution is -2.40. The topological polar surface area (TPSA) is 82.3 Å². The van der Waals surface area contributed by atoms with Gasteiger partial charge in [-0.25, -0.2) is 4.79 Å². The second-order valence-corrected chi connectivity index (χ2v) is 5.04. The van der Waals surface area contributed by atoms with Gasteiger partial charge < -0.3 is 14.6 Å². The van der Waals surface area contributed by atoms with E-state index in [0.717, 1.165) is 9.13 Å². The molecule has 0 unspecified atom stereocenters.